The molecule has 0 radical (unpaired) electrons. The van der Waals surface area contributed by atoms with Gasteiger partial charge in [0, 0.05) is 14.0 Å². The third-order valence-corrected chi connectivity index (χ3v) is 2.52. The standard InChI is InChI=1S/C9H15N5O3/c1-5-11-6(14(16)17)7(13(5)4)12-9(2,3)8(10)15/h12H,1-4H3,(H2,10,15). The Morgan fingerprint density at radius 1 is 1.59 bits per heavy atom. The third-order valence-electron chi connectivity index (χ3n) is 2.52. The lowest BCUT2D eigenvalue weighted by molar-refractivity contribution is -0.388. The molecule has 1 rings (SSSR count). The summed E-state index contributed by atoms with van der Waals surface area (Å²) in [5.41, 5.74) is 4.11. The van der Waals surface area contributed by atoms with Crippen LogP contribution in [0.2, 0.25) is 0 Å². The number of rotatable bonds is 4. The highest BCUT2D eigenvalue weighted by molar-refractivity contribution is 5.87. The number of primary amides is 1. The molecule has 0 saturated carbocycles. The van der Waals surface area contributed by atoms with E-state index in [1.165, 1.54) is 4.57 Å². The van der Waals surface area contributed by atoms with Gasteiger partial charge in [-0.1, -0.05) is 0 Å². The molecule has 0 aliphatic carbocycles. The molecule has 0 bridgehead atoms. The van der Waals surface area contributed by atoms with Gasteiger partial charge in [0.1, 0.15) is 5.54 Å². The number of hydrogen-bond donors (Lipinski definition) is 2. The number of hydrogen-bond acceptors (Lipinski definition) is 5. The summed E-state index contributed by atoms with van der Waals surface area (Å²) in [6, 6.07) is 0. The van der Waals surface area contributed by atoms with E-state index in [-0.39, 0.29) is 11.6 Å². The molecule has 1 aromatic rings. The van der Waals surface area contributed by atoms with Crippen LogP contribution in [-0.2, 0) is 11.8 Å². The van der Waals surface area contributed by atoms with E-state index in [0.29, 0.717) is 5.82 Å². The molecule has 17 heavy (non-hydrogen) atoms. The third kappa shape index (κ3) is 2.35. The number of nitro groups is 1. The molecule has 1 amide bonds. The van der Waals surface area contributed by atoms with E-state index >= 15 is 0 Å². The van der Waals surface area contributed by atoms with Crippen molar-refractivity contribution in [3.05, 3.63) is 15.9 Å². The van der Waals surface area contributed by atoms with Gasteiger partial charge in [0.05, 0.1) is 0 Å². The van der Waals surface area contributed by atoms with E-state index in [1.54, 1.807) is 27.8 Å². The zero-order valence-corrected chi connectivity index (χ0v) is 10.1. The van der Waals surface area contributed by atoms with Crippen LogP contribution in [0.5, 0.6) is 0 Å². The molecule has 1 aromatic heterocycles. The number of nitrogens with one attached hydrogen (secondary N) is 1. The van der Waals surface area contributed by atoms with Gasteiger partial charge in [-0.25, -0.2) is 0 Å². The van der Waals surface area contributed by atoms with E-state index in [4.69, 9.17) is 5.73 Å². The van der Waals surface area contributed by atoms with Crippen molar-refractivity contribution in [1.82, 2.24) is 9.55 Å². The molecule has 0 aliphatic rings. The van der Waals surface area contributed by atoms with Gasteiger partial charge in [0.15, 0.2) is 0 Å². The number of nitrogens with zero attached hydrogens (tertiary/aromatic N) is 3. The number of aryl methyl sites for hydroxylation is 1. The lowest BCUT2D eigenvalue weighted by atomic mass is 10.1. The molecular weight excluding hydrogens is 226 g/mol. The predicted octanol–water partition coefficient (Wildman–Crippen LogP) is 0.313. The van der Waals surface area contributed by atoms with Crippen LogP contribution in [0.1, 0.15) is 19.7 Å². The molecule has 1 heterocycles. The van der Waals surface area contributed by atoms with E-state index in [2.05, 4.69) is 10.3 Å². The number of amides is 1. The van der Waals surface area contributed by atoms with Crippen molar-refractivity contribution in [2.75, 3.05) is 5.32 Å². The van der Waals surface area contributed by atoms with Gasteiger partial charge < -0.3 is 21.2 Å². The molecule has 0 fully saturated rings. The second kappa shape index (κ2) is 4.04. The normalized spacial score (nSPS) is 11.3. The summed E-state index contributed by atoms with van der Waals surface area (Å²) in [5.74, 6) is -0.291. The molecule has 0 aliphatic heterocycles. The minimum absolute atomic E-state index is 0.163. The molecule has 8 nitrogen and oxygen atoms in total. The van der Waals surface area contributed by atoms with Gasteiger partial charge in [0.25, 0.3) is 0 Å². The Hall–Kier alpha value is -2.12. The lowest BCUT2D eigenvalue weighted by Crippen LogP contribution is -2.45. The SMILES string of the molecule is Cc1nc([N+](=O)[O-])c(NC(C)(C)C(N)=O)n1C. The van der Waals surface area contributed by atoms with Gasteiger partial charge in [-0.2, -0.15) is 0 Å². The minimum Gasteiger partial charge on any atom is -0.368 e. The molecular formula is C9H15N5O3. The van der Waals surface area contributed by atoms with E-state index in [1.807, 2.05) is 0 Å². The van der Waals surface area contributed by atoms with E-state index in [0.717, 1.165) is 0 Å². The van der Waals surface area contributed by atoms with E-state index in [9.17, 15) is 14.9 Å². The quantitative estimate of drug-likeness (QED) is 0.581. The van der Waals surface area contributed by atoms with E-state index < -0.39 is 16.4 Å². The van der Waals surface area contributed by atoms with Crippen molar-refractivity contribution in [3.8, 4) is 0 Å². The Labute approximate surface area is 98.0 Å². The average molecular weight is 241 g/mol. The van der Waals surface area contributed by atoms with Gasteiger partial charge >= 0.3 is 5.82 Å². The molecule has 3 N–H and O–H groups in total. The molecule has 0 aromatic carbocycles. The maximum Gasteiger partial charge on any atom is 0.406 e. The fourth-order valence-corrected chi connectivity index (χ4v) is 1.22. The Kier molecular flexibility index (Phi) is 3.08. The maximum atomic E-state index is 11.2. The van der Waals surface area contributed by atoms with Crippen LogP contribution >= 0.6 is 0 Å². The lowest BCUT2D eigenvalue weighted by Gasteiger charge is -2.22. The molecule has 0 atom stereocenters. The number of carbonyl (C=O) groups excluding carboxylic acids is 1. The summed E-state index contributed by atoms with van der Waals surface area (Å²) < 4.78 is 1.50. The van der Waals surface area contributed by atoms with Gasteiger partial charge in [-0.05, 0) is 23.8 Å². The Morgan fingerprint density at radius 2 is 2.12 bits per heavy atom. The van der Waals surface area contributed by atoms with Crippen molar-refractivity contribution in [3.63, 3.8) is 0 Å². The highest BCUT2D eigenvalue weighted by Crippen LogP contribution is 2.26. The minimum atomic E-state index is -1.09. The van der Waals surface area contributed by atoms with Crippen LogP contribution in [0, 0.1) is 17.0 Å². The first kappa shape index (κ1) is 12.9. The monoisotopic (exact) mass is 241 g/mol. The van der Waals surface area contributed by atoms with Crippen molar-refractivity contribution in [2.45, 2.75) is 26.3 Å². The predicted molar refractivity (Wildman–Crippen MR) is 61.5 cm³/mol. The highest BCUT2D eigenvalue weighted by Gasteiger charge is 2.32. The zero-order chi connectivity index (χ0) is 13.4. The Bertz CT molecular complexity index is 477. The smallest absolute Gasteiger partial charge is 0.368 e. The number of anilines is 1. The summed E-state index contributed by atoms with van der Waals surface area (Å²) in [7, 11) is 1.62. The zero-order valence-electron chi connectivity index (χ0n) is 10.1. The van der Waals surface area contributed by atoms with Crippen LogP contribution in [0.4, 0.5) is 11.6 Å². The first-order valence-electron chi connectivity index (χ1n) is 4.92. The summed E-state index contributed by atoms with van der Waals surface area (Å²) in [6.45, 7) is 4.72. The van der Waals surface area contributed by atoms with Gasteiger partial charge in [0.2, 0.25) is 17.5 Å². The summed E-state index contributed by atoms with van der Waals surface area (Å²) in [5, 5.41) is 13.6. The fraction of sp³-hybridized carbons (Fsp3) is 0.556. The van der Waals surface area contributed by atoms with Crippen LogP contribution in [0.15, 0.2) is 0 Å². The van der Waals surface area contributed by atoms with Crippen molar-refractivity contribution < 1.29 is 9.72 Å². The molecule has 0 saturated heterocycles. The molecule has 0 spiro atoms. The Morgan fingerprint density at radius 3 is 2.53 bits per heavy atom. The molecule has 0 unspecified atom stereocenters. The average Bonchev–Trinajstić information content (AvgIpc) is 2.45. The van der Waals surface area contributed by atoms with Crippen LogP contribution in [0.25, 0.3) is 0 Å². The van der Waals surface area contributed by atoms with Crippen molar-refractivity contribution >= 4 is 17.5 Å². The van der Waals surface area contributed by atoms with Crippen LogP contribution in [-0.4, -0.2) is 25.9 Å². The summed E-state index contributed by atoms with van der Waals surface area (Å²) in [6.07, 6.45) is 0. The summed E-state index contributed by atoms with van der Waals surface area (Å²) >= 11 is 0. The second-order valence-corrected chi connectivity index (χ2v) is 4.26. The number of imidazole rings is 1. The first-order valence-corrected chi connectivity index (χ1v) is 4.92. The van der Waals surface area contributed by atoms with Crippen molar-refractivity contribution in [2.24, 2.45) is 12.8 Å². The maximum absolute atomic E-state index is 11.2. The van der Waals surface area contributed by atoms with Crippen LogP contribution < -0.4 is 11.1 Å². The van der Waals surface area contributed by atoms with Crippen LogP contribution in [0.3, 0.4) is 0 Å². The topological polar surface area (TPSA) is 116 Å². The first-order chi connectivity index (χ1) is 7.66. The summed E-state index contributed by atoms with van der Waals surface area (Å²) in [4.78, 5) is 25.2. The highest BCUT2D eigenvalue weighted by atomic mass is 16.6. The van der Waals surface area contributed by atoms with Crippen molar-refractivity contribution in [1.29, 1.82) is 0 Å². The Balaban J connectivity index is 3.22. The largest absolute Gasteiger partial charge is 0.406 e. The second-order valence-electron chi connectivity index (χ2n) is 4.26. The number of aromatic nitrogens is 2. The molecule has 94 valence electrons. The number of nitrogens with two attached hydrogens (primary N) is 1. The fourth-order valence-electron chi connectivity index (χ4n) is 1.22. The molecule has 8 heteroatoms. The number of carbonyl (C=O) groups is 1. The van der Waals surface area contributed by atoms with Gasteiger partial charge in [-0.3, -0.25) is 9.36 Å². The van der Waals surface area contributed by atoms with Gasteiger partial charge in [-0.15, -0.1) is 0 Å².